The first-order chi connectivity index (χ1) is 10.7. The first-order valence-corrected chi connectivity index (χ1v) is 7.87. The Hall–Kier alpha value is -2.65. The number of para-hydroxylation sites is 1. The summed E-state index contributed by atoms with van der Waals surface area (Å²) in [6.07, 6.45) is 0. The number of hydrogen-bond donors (Lipinski definition) is 2. The number of benzene rings is 2. The number of halogens is 1. The second-order valence-corrected chi connectivity index (χ2v) is 6.42. The lowest BCUT2D eigenvalue weighted by atomic mass is 10.2. The van der Waals surface area contributed by atoms with Crippen molar-refractivity contribution in [2.45, 2.75) is 4.90 Å². The first-order valence-electron chi connectivity index (χ1n) is 6.01. The number of carbonyl (C=O) groups is 1. The Bertz CT molecular complexity index is 897. The summed E-state index contributed by atoms with van der Waals surface area (Å²) in [6, 6.07) is 8.35. The van der Waals surface area contributed by atoms with Crippen molar-refractivity contribution >= 4 is 39.0 Å². The highest BCUT2D eigenvalue weighted by Crippen LogP contribution is 2.28. The molecule has 0 atom stereocenters. The molecule has 2 aromatic rings. The van der Waals surface area contributed by atoms with Gasteiger partial charge in [0, 0.05) is 6.07 Å². The third-order valence-electron chi connectivity index (χ3n) is 2.83. The van der Waals surface area contributed by atoms with Crippen LogP contribution in [0.2, 0.25) is 5.02 Å². The molecule has 0 bridgehead atoms. The van der Waals surface area contributed by atoms with E-state index in [2.05, 4.69) is 4.72 Å². The third kappa shape index (κ3) is 3.58. The first kappa shape index (κ1) is 16.7. The van der Waals surface area contributed by atoms with Gasteiger partial charge >= 0.3 is 5.97 Å². The highest BCUT2D eigenvalue weighted by atomic mass is 35.5. The minimum absolute atomic E-state index is 0.155. The van der Waals surface area contributed by atoms with Gasteiger partial charge < -0.3 is 5.11 Å². The van der Waals surface area contributed by atoms with Crippen LogP contribution >= 0.6 is 11.6 Å². The molecule has 0 spiro atoms. The Kier molecular flexibility index (Phi) is 4.52. The van der Waals surface area contributed by atoms with Crippen molar-refractivity contribution in [3.63, 3.8) is 0 Å². The Labute approximate surface area is 135 Å². The van der Waals surface area contributed by atoms with Gasteiger partial charge in [-0.3, -0.25) is 14.8 Å². The highest BCUT2D eigenvalue weighted by Gasteiger charge is 2.22. The van der Waals surface area contributed by atoms with Crippen LogP contribution in [-0.4, -0.2) is 24.4 Å². The lowest BCUT2D eigenvalue weighted by Gasteiger charge is -2.10. The van der Waals surface area contributed by atoms with Gasteiger partial charge in [0.2, 0.25) is 0 Å². The van der Waals surface area contributed by atoms with Crippen LogP contribution in [0.25, 0.3) is 0 Å². The lowest BCUT2D eigenvalue weighted by Crippen LogP contribution is -2.15. The number of aromatic carboxylic acids is 1. The molecule has 0 fully saturated rings. The van der Waals surface area contributed by atoms with Gasteiger partial charge in [-0.25, -0.2) is 13.2 Å². The van der Waals surface area contributed by atoms with Gasteiger partial charge in [-0.2, -0.15) is 0 Å². The molecule has 2 N–H and O–H groups in total. The lowest BCUT2D eigenvalue weighted by molar-refractivity contribution is -0.384. The molecule has 0 aromatic heterocycles. The number of hydrogen-bond acceptors (Lipinski definition) is 5. The van der Waals surface area contributed by atoms with Gasteiger partial charge in [0.15, 0.2) is 0 Å². The van der Waals surface area contributed by atoms with Crippen LogP contribution in [0.1, 0.15) is 10.4 Å². The molecule has 23 heavy (non-hydrogen) atoms. The monoisotopic (exact) mass is 356 g/mol. The molecule has 0 aliphatic rings. The molecular weight excluding hydrogens is 348 g/mol. The van der Waals surface area contributed by atoms with E-state index in [-0.39, 0.29) is 16.3 Å². The molecule has 120 valence electrons. The van der Waals surface area contributed by atoms with Crippen molar-refractivity contribution in [3.05, 3.63) is 63.2 Å². The van der Waals surface area contributed by atoms with Crippen LogP contribution in [0.15, 0.2) is 47.4 Å². The van der Waals surface area contributed by atoms with E-state index >= 15 is 0 Å². The van der Waals surface area contributed by atoms with Gasteiger partial charge in [0.25, 0.3) is 15.7 Å². The summed E-state index contributed by atoms with van der Waals surface area (Å²) >= 11 is 5.63. The van der Waals surface area contributed by atoms with Gasteiger partial charge in [-0.15, -0.1) is 0 Å². The Morgan fingerprint density at radius 2 is 1.87 bits per heavy atom. The summed E-state index contributed by atoms with van der Waals surface area (Å²) in [5.74, 6) is -1.31. The molecule has 10 heteroatoms. The van der Waals surface area contributed by atoms with E-state index < -0.39 is 31.5 Å². The van der Waals surface area contributed by atoms with Crippen LogP contribution in [0.4, 0.5) is 11.4 Å². The fourth-order valence-corrected chi connectivity index (χ4v) is 3.05. The molecule has 0 saturated carbocycles. The van der Waals surface area contributed by atoms with Crippen LogP contribution in [0.5, 0.6) is 0 Å². The molecule has 2 rings (SSSR count). The Morgan fingerprint density at radius 3 is 2.48 bits per heavy atom. The summed E-state index contributed by atoms with van der Waals surface area (Å²) in [7, 11) is -4.22. The summed E-state index contributed by atoms with van der Waals surface area (Å²) < 4.78 is 26.7. The van der Waals surface area contributed by atoms with E-state index in [9.17, 15) is 23.3 Å². The predicted molar refractivity (Wildman–Crippen MR) is 82.3 cm³/mol. The zero-order valence-electron chi connectivity index (χ0n) is 11.3. The number of nitrogens with zero attached hydrogens (tertiary/aromatic N) is 1. The molecule has 0 aliphatic heterocycles. The van der Waals surface area contributed by atoms with Gasteiger partial charge in [-0.05, 0) is 24.3 Å². The quantitative estimate of drug-likeness (QED) is 0.626. The number of nitrogens with one attached hydrogen (secondary N) is 1. The van der Waals surface area contributed by atoms with Crippen LogP contribution in [-0.2, 0) is 10.0 Å². The third-order valence-corrected chi connectivity index (χ3v) is 4.51. The molecule has 0 amide bonds. The van der Waals surface area contributed by atoms with Gasteiger partial charge in [0.1, 0.15) is 5.02 Å². The average molecular weight is 357 g/mol. The molecule has 2 aromatic carbocycles. The van der Waals surface area contributed by atoms with Crippen LogP contribution < -0.4 is 4.72 Å². The topological polar surface area (TPSA) is 127 Å². The summed E-state index contributed by atoms with van der Waals surface area (Å²) in [5, 5.41) is 19.7. The summed E-state index contributed by atoms with van der Waals surface area (Å²) in [4.78, 5) is 20.7. The molecule has 0 radical (unpaired) electrons. The second-order valence-electron chi connectivity index (χ2n) is 4.33. The van der Waals surface area contributed by atoms with Crippen LogP contribution in [0, 0.1) is 10.1 Å². The van der Waals surface area contributed by atoms with Crippen molar-refractivity contribution < 1.29 is 23.2 Å². The van der Waals surface area contributed by atoms with Crippen molar-refractivity contribution in [2.24, 2.45) is 0 Å². The van der Waals surface area contributed by atoms with Crippen molar-refractivity contribution in [1.82, 2.24) is 0 Å². The standard InChI is InChI=1S/C13H9ClN2O6S/c14-10-6-5-8(7-12(10)16(19)20)23(21,22)15-11-4-2-1-3-9(11)13(17)18/h1-7,15H,(H,17,18). The van der Waals surface area contributed by atoms with E-state index in [1.807, 2.05) is 0 Å². The maximum absolute atomic E-state index is 12.3. The maximum Gasteiger partial charge on any atom is 0.337 e. The molecule has 0 aliphatic carbocycles. The number of carboxylic acids is 1. The number of rotatable bonds is 5. The van der Waals surface area contributed by atoms with E-state index in [4.69, 9.17) is 16.7 Å². The fourth-order valence-electron chi connectivity index (χ4n) is 1.76. The summed E-state index contributed by atoms with van der Waals surface area (Å²) in [5.41, 5.74) is -0.974. The van der Waals surface area contributed by atoms with Gasteiger partial charge in [0.05, 0.1) is 21.1 Å². The van der Waals surface area contributed by atoms with Crippen molar-refractivity contribution in [1.29, 1.82) is 0 Å². The Morgan fingerprint density at radius 1 is 1.22 bits per heavy atom. The SMILES string of the molecule is O=C(O)c1ccccc1NS(=O)(=O)c1ccc(Cl)c([N+](=O)[O-])c1. The smallest absolute Gasteiger partial charge is 0.337 e. The van der Waals surface area contributed by atoms with Crippen molar-refractivity contribution in [3.8, 4) is 0 Å². The fraction of sp³-hybridized carbons (Fsp3) is 0. The van der Waals surface area contributed by atoms with Gasteiger partial charge in [-0.1, -0.05) is 23.7 Å². The molecule has 0 saturated heterocycles. The number of sulfonamides is 1. The number of nitro benzene ring substituents is 1. The van der Waals surface area contributed by atoms with E-state index in [0.717, 1.165) is 18.2 Å². The zero-order valence-corrected chi connectivity index (χ0v) is 12.8. The molecule has 8 nitrogen and oxygen atoms in total. The minimum Gasteiger partial charge on any atom is -0.478 e. The average Bonchev–Trinajstić information content (AvgIpc) is 2.47. The predicted octanol–water partition coefficient (Wildman–Crippen LogP) is 2.75. The Balaban J connectivity index is 2.47. The normalized spacial score (nSPS) is 11.0. The van der Waals surface area contributed by atoms with Crippen LogP contribution in [0.3, 0.4) is 0 Å². The summed E-state index contributed by atoms with van der Waals surface area (Å²) in [6.45, 7) is 0. The van der Waals surface area contributed by atoms with E-state index in [0.29, 0.717) is 0 Å². The molecule has 0 unspecified atom stereocenters. The maximum atomic E-state index is 12.3. The number of anilines is 1. The van der Waals surface area contributed by atoms with E-state index in [1.165, 1.54) is 24.3 Å². The second kappa shape index (κ2) is 6.23. The minimum atomic E-state index is -4.22. The van der Waals surface area contributed by atoms with Crippen molar-refractivity contribution in [2.75, 3.05) is 4.72 Å². The molecular formula is C13H9ClN2O6S. The molecule has 0 heterocycles. The zero-order chi connectivity index (χ0) is 17.2. The number of nitro groups is 1. The number of carboxylic acid groups (broad SMARTS) is 1. The largest absolute Gasteiger partial charge is 0.478 e. The van der Waals surface area contributed by atoms with E-state index in [1.54, 1.807) is 0 Å². The highest BCUT2D eigenvalue weighted by molar-refractivity contribution is 7.92.